The first-order valence-electron chi connectivity index (χ1n) is 9.59. The van der Waals surface area contributed by atoms with Crippen LogP contribution in [0.5, 0.6) is 0 Å². The highest BCUT2D eigenvalue weighted by molar-refractivity contribution is 5.82. The maximum absolute atomic E-state index is 12.7. The van der Waals surface area contributed by atoms with E-state index in [0.29, 0.717) is 12.3 Å². The van der Waals surface area contributed by atoms with Crippen LogP contribution >= 0.6 is 0 Å². The zero-order chi connectivity index (χ0) is 16.4. The lowest BCUT2D eigenvalue weighted by molar-refractivity contribution is -0.142. The minimum Gasteiger partial charge on any atom is -0.351 e. The number of Topliss-reactive ketones (excluding diaryl/α,β-unsaturated/α-hetero) is 1. The maximum atomic E-state index is 12.7. The number of hydrogen-bond acceptors (Lipinski definition) is 2. The highest BCUT2D eigenvalue weighted by Crippen LogP contribution is 2.56. The summed E-state index contributed by atoms with van der Waals surface area (Å²) in [6, 6.07) is 0. The number of carbonyl (C=O) groups is 2. The molecule has 2 unspecified atom stereocenters. The van der Waals surface area contributed by atoms with Gasteiger partial charge in [0.2, 0.25) is 5.91 Å². The molecule has 5 rings (SSSR count). The minimum absolute atomic E-state index is 0.00928. The summed E-state index contributed by atoms with van der Waals surface area (Å²) in [5, 5.41) is 3.48. The smallest absolute Gasteiger partial charge is 0.220 e. The molecule has 5 aliphatic carbocycles. The van der Waals surface area contributed by atoms with Gasteiger partial charge in [-0.1, -0.05) is 13.8 Å². The van der Waals surface area contributed by atoms with E-state index in [1.807, 2.05) is 0 Å². The van der Waals surface area contributed by atoms with Crippen LogP contribution in [0.4, 0.5) is 0 Å². The Morgan fingerprint density at radius 2 is 1.48 bits per heavy atom. The predicted molar refractivity (Wildman–Crippen MR) is 89.7 cm³/mol. The van der Waals surface area contributed by atoms with E-state index in [-0.39, 0.29) is 28.6 Å². The summed E-state index contributed by atoms with van der Waals surface area (Å²) in [5.41, 5.74) is 0.115. The fraction of sp³-hybridized carbons (Fsp3) is 0.900. The third-order valence-electron chi connectivity index (χ3n) is 7.84. The molecule has 0 spiro atoms. The first kappa shape index (κ1) is 15.7. The molecule has 0 radical (unpaired) electrons. The Labute approximate surface area is 140 Å². The van der Waals surface area contributed by atoms with Gasteiger partial charge in [0.15, 0.2) is 0 Å². The van der Waals surface area contributed by atoms with Crippen LogP contribution in [0.1, 0.15) is 72.1 Å². The van der Waals surface area contributed by atoms with Gasteiger partial charge in [0.1, 0.15) is 5.78 Å². The molecule has 0 aromatic heterocycles. The molecule has 5 fully saturated rings. The minimum atomic E-state index is -0.00928. The molecule has 0 heterocycles. The van der Waals surface area contributed by atoms with Crippen molar-refractivity contribution < 1.29 is 9.59 Å². The monoisotopic (exact) mass is 317 g/mol. The zero-order valence-corrected chi connectivity index (χ0v) is 14.9. The third-order valence-corrected chi connectivity index (χ3v) is 7.84. The summed E-state index contributed by atoms with van der Waals surface area (Å²) >= 11 is 0. The van der Waals surface area contributed by atoms with Crippen molar-refractivity contribution in [3.05, 3.63) is 0 Å². The summed E-state index contributed by atoms with van der Waals surface area (Å²) in [7, 11) is 0. The van der Waals surface area contributed by atoms with Gasteiger partial charge in [0.25, 0.3) is 0 Å². The molecule has 1 N–H and O–H groups in total. The zero-order valence-electron chi connectivity index (χ0n) is 14.9. The molecule has 3 nitrogen and oxygen atoms in total. The maximum Gasteiger partial charge on any atom is 0.220 e. The quantitative estimate of drug-likeness (QED) is 0.859. The van der Waals surface area contributed by atoms with E-state index in [0.717, 1.165) is 24.2 Å². The lowest BCUT2D eigenvalue weighted by atomic mass is 9.52. The van der Waals surface area contributed by atoms with Crippen molar-refractivity contribution in [3.8, 4) is 0 Å². The van der Waals surface area contributed by atoms with Gasteiger partial charge in [0.05, 0.1) is 0 Å². The summed E-state index contributed by atoms with van der Waals surface area (Å²) in [4.78, 5) is 24.4. The van der Waals surface area contributed by atoms with Crippen LogP contribution in [0.2, 0.25) is 0 Å². The number of hydrogen-bond donors (Lipinski definition) is 1. The molecule has 3 heteroatoms. The second kappa shape index (κ2) is 5.07. The van der Waals surface area contributed by atoms with Gasteiger partial charge in [-0.15, -0.1) is 0 Å². The number of nitrogens with one attached hydrogen (secondary N) is 1. The van der Waals surface area contributed by atoms with Gasteiger partial charge in [-0.25, -0.2) is 0 Å². The van der Waals surface area contributed by atoms with E-state index in [2.05, 4.69) is 19.2 Å². The molecular formula is C20H31NO2. The highest BCUT2D eigenvalue weighted by Gasteiger charge is 2.53. The summed E-state index contributed by atoms with van der Waals surface area (Å²) in [6.45, 7) is 6.01. The van der Waals surface area contributed by atoms with Crippen molar-refractivity contribution in [2.45, 2.75) is 77.7 Å². The number of carbonyl (C=O) groups excluding carboxylic acids is 2. The first-order valence-corrected chi connectivity index (χ1v) is 9.59. The molecule has 4 bridgehead atoms. The van der Waals surface area contributed by atoms with Crippen LogP contribution in [-0.4, -0.2) is 17.2 Å². The molecule has 1 amide bonds. The van der Waals surface area contributed by atoms with Crippen molar-refractivity contribution in [2.75, 3.05) is 0 Å². The Morgan fingerprint density at radius 3 is 1.91 bits per heavy atom. The van der Waals surface area contributed by atoms with E-state index in [9.17, 15) is 9.59 Å². The van der Waals surface area contributed by atoms with Crippen molar-refractivity contribution >= 4 is 11.7 Å². The molecule has 23 heavy (non-hydrogen) atoms. The van der Waals surface area contributed by atoms with Crippen LogP contribution in [0.3, 0.4) is 0 Å². The average molecular weight is 317 g/mol. The van der Waals surface area contributed by atoms with Crippen molar-refractivity contribution in [1.29, 1.82) is 0 Å². The number of rotatable bonds is 4. The Hall–Kier alpha value is -0.860. The SMILES string of the molecule is CC(=O)C1CC(CC(=O)NC23CC4CC(CC(C4)C2)C3)C1(C)C. The third kappa shape index (κ3) is 2.55. The Balaban J connectivity index is 1.37. The van der Waals surface area contributed by atoms with Gasteiger partial charge in [-0.2, -0.15) is 0 Å². The first-order chi connectivity index (χ1) is 10.8. The van der Waals surface area contributed by atoms with E-state index in [4.69, 9.17) is 0 Å². The molecule has 5 aliphatic rings. The van der Waals surface area contributed by atoms with E-state index in [1.165, 1.54) is 38.5 Å². The van der Waals surface area contributed by atoms with Crippen LogP contribution in [0.25, 0.3) is 0 Å². The van der Waals surface area contributed by atoms with Gasteiger partial charge in [-0.3, -0.25) is 9.59 Å². The molecule has 5 saturated carbocycles. The van der Waals surface area contributed by atoms with E-state index in [1.54, 1.807) is 6.92 Å². The Bertz CT molecular complexity index is 500. The lowest BCUT2D eigenvalue weighted by Gasteiger charge is -2.57. The van der Waals surface area contributed by atoms with Crippen LogP contribution in [0.15, 0.2) is 0 Å². The van der Waals surface area contributed by atoms with Gasteiger partial charge < -0.3 is 5.32 Å². The predicted octanol–water partition coefficient (Wildman–Crippen LogP) is 3.71. The van der Waals surface area contributed by atoms with Crippen molar-refractivity contribution in [3.63, 3.8) is 0 Å². The molecule has 2 atom stereocenters. The lowest BCUT2D eigenvalue weighted by Crippen LogP contribution is -2.60. The molecule has 0 aromatic carbocycles. The second-order valence-electron chi connectivity index (χ2n) is 9.87. The standard InChI is InChI=1S/C20H31NO2/c1-12(22)17-7-16(19(17,2)3)8-18(23)21-20-9-13-4-14(10-20)6-15(5-13)11-20/h13-17H,4-11H2,1-3H3,(H,21,23). The van der Waals surface area contributed by atoms with Crippen LogP contribution in [0, 0.1) is 35.0 Å². The number of ketones is 1. The molecule has 0 saturated heterocycles. The van der Waals surface area contributed by atoms with Gasteiger partial charge in [-0.05, 0) is 81.0 Å². The molecular weight excluding hydrogens is 286 g/mol. The summed E-state index contributed by atoms with van der Waals surface area (Å²) < 4.78 is 0. The largest absolute Gasteiger partial charge is 0.351 e. The normalized spacial score (nSPS) is 46.3. The fourth-order valence-corrected chi connectivity index (χ4v) is 6.89. The second-order valence-corrected chi connectivity index (χ2v) is 9.87. The molecule has 0 aromatic rings. The van der Waals surface area contributed by atoms with Gasteiger partial charge >= 0.3 is 0 Å². The van der Waals surface area contributed by atoms with Crippen LogP contribution < -0.4 is 5.32 Å². The van der Waals surface area contributed by atoms with Gasteiger partial charge in [0, 0.05) is 17.9 Å². The highest BCUT2D eigenvalue weighted by atomic mass is 16.1. The van der Waals surface area contributed by atoms with Crippen LogP contribution in [-0.2, 0) is 9.59 Å². The Kier molecular flexibility index (Phi) is 3.45. The van der Waals surface area contributed by atoms with Crippen molar-refractivity contribution in [1.82, 2.24) is 5.32 Å². The van der Waals surface area contributed by atoms with E-state index >= 15 is 0 Å². The summed E-state index contributed by atoms with van der Waals surface area (Å²) in [5.74, 6) is 3.64. The number of amides is 1. The fourth-order valence-electron chi connectivity index (χ4n) is 6.89. The van der Waals surface area contributed by atoms with E-state index < -0.39 is 0 Å². The molecule has 0 aliphatic heterocycles. The molecule has 128 valence electrons. The van der Waals surface area contributed by atoms with Crippen molar-refractivity contribution in [2.24, 2.45) is 35.0 Å². The topological polar surface area (TPSA) is 46.2 Å². The Morgan fingerprint density at radius 1 is 0.957 bits per heavy atom. The summed E-state index contributed by atoms with van der Waals surface area (Å²) in [6.07, 6.45) is 9.38. The average Bonchev–Trinajstić information content (AvgIpc) is 2.40.